The van der Waals surface area contributed by atoms with Gasteiger partial charge in [-0.15, -0.1) is 0 Å². The van der Waals surface area contributed by atoms with E-state index in [0.29, 0.717) is 0 Å². The molecule has 5 nitrogen and oxygen atoms in total. The van der Waals surface area contributed by atoms with Crippen LogP contribution in [0, 0.1) is 0 Å². The monoisotopic (exact) mass is 595 g/mol. The molecule has 0 saturated carbocycles. The zero-order chi connectivity index (χ0) is 35.2. The lowest BCUT2D eigenvalue weighted by Gasteiger charge is -2.30. The van der Waals surface area contributed by atoms with Gasteiger partial charge in [0.15, 0.2) is 0 Å². The quantitative estimate of drug-likeness (QED) is 0.208. The minimum atomic E-state index is -0.00988. The van der Waals surface area contributed by atoms with Crippen LogP contribution in [0.25, 0.3) is 0 Å². The van der Waals surface area contributed by atoms with Gasteiger partial charge in [0, 0.05) is 46.4 Å². The van der Waals surface area contributed by atoms with Gasteiger partial charge in [-0.25, -0.2) is 0 Å². The standard InChI is InChI=1S/C24H26.4C2H6.5CH4O/c1-23(2,19-12-7-5-8-13-19)21-16-11-17-22(18-21)24(3,4)20-14-9-6-10-15-20;9*1-2/h5-18H,1-4H3;4*1-2H3;5*2H,1H3. The van der Waals surface area contributed by atoms with Crippen molar-refractivity contribution in [2.24, 2.45) is 0 Å². The molecule has 0 aliphatic rings. The minimum Gasteiger partial charge on any atom is -0.400 e. The van der Waals surface area contributed by atoms with Crippen molar-refractivity contribution < 1.29 is 25.5 Å². The second-order valence-corrected chi connectivity index (χ2v) is 7.56. The summed E-state index contributed by atoms with van der Waals surface area (Å²) in [6, 6.07) is 30.6. The lowest BCUT2D eigenvalue weighted by Crippen LogP contribution is -2.22. The zero-order valence-electron chi connectivity index (χ0n) is 30.3. The molecular formula is C37H70O5. The fraction of sp³-hybridized carbons (Fsp3) is 0.514. The highest BCUT2D eigenvalue weighted by Crippen LogP contribution is 2.36. The summed E-state index contributed by atoms with van der Waals surface area (Å²) in [6.07, 6.45) is 0. The van der Waals surface area contributed by atoms with Crippen LogP contribution in [0.1, 0.15) is 105 Å². The number of aliphatic hydroxyl groups is 5. The molecule has 3 aromatic carbocycles. The first-order valence-electron chi connectivity index (χ1n) is 14.9. The van der Waals surface area contributed by atoms with Gasteiger partial charge in [-0.2, -0.15) is 0 Å². The van der Waals surface area contributed by atoms with Crippen molar-refractivity contribution in [2.75, 3.05) is 35.5 Å². The Labute approximate surface area is 262 Å². The normalized spacial score (nSPS) is 8.24. The van der Waals surface area contributed by atoms with Crippen LogP contribution in [0.3, 0.4) is 0 Å². The Morgan fingerprint density at radius 3 is 0.714 bits per heavy atom. The van der Waals surface area contributed by atoms with Crippen LogP contribution in [-0.4, -0.2) is 61.1 Å². The van der Waals surface area contributed by atoms with Crippen molar-refractivity contribution in [3.8, 4) is 0 Å². The molecule has 0 radical (unpaired) electrons. The third kappa shape index (κ3) is 22.1. The molecule has 5 N–H and O–H groups in total. The number of aliphatic hydroxyl groups excluding tert-OH is 5. The predicted molar refractivity (Wildman–Crippen MR) is 190 cm³/mol. The topological polar surface area (TPSA) is 101 Å². The maximum atomic E-state index is 7.00. The summed E-state index contributed by atoms with van der Waals surface area (Å²) >= 11 is 0. The predicted octanol–water partition coefficient (Wildman–Crippen LogP) is 8.49. The SMILES string of the molecule is CC.CC.CC.CC.CC(C)(c1ccccc1)c1cccc(C(C)(C)c2ccccc2)c1.CO.CO.CO.CO.CO. The number of hydrogen-bond acceptors (Lipinski definition) is 5. The Morgan fingerprint density at radius 1 is 0.310 bits per heavy atom. The molecule has 0 aliphatic heterocycles. The first-order chi connectivity index (χ1) is 20.4. The van der Waals surface area contributed by atoms with Gasteiger partial charge >= 0.3 is 0 Å². The summed E-state index contributed by atoms with van der Waals surface area (Å²) in [7, 11) is 5.00. The van der Waals surface area contributed by atoms with Crippen molar-refractivity contribution >= 4 is 0 Å². The van der Waals surface area contributed by atoms with Gasteiger partial charge in [0.25, 0.3) is 0 Å². The molecule has 0 heterocycles. The van der Waals surface area contributed by atoms with E-state index in [1.807, 2.05) is 55.4 Å². The summed E-state index contributed by atoms with van der Waals surface area (Å²) < 4.78 is 0. The molecule has 3 aromatic rings. The third-order valence-electron chi connectivity index (χ3n) is 5.30. The highest BCUT2D eigenvalue weighted by molar-refractivity contribution is 5.44. The fourth-order valence-electron chi connectivity index (χ4n) is 3.34. The zero-order valence-corrected chi connectivity index (χ0v) is 30.3. The number of rotatable bonds is 4. The van der Waals surface area contributed by atoms with E-state index in [9.17, 15) is 0 Å². The van der Waals surface area contributed by atoms with Crippen LogP contribution >= 0.6 is 0 Å². The molecule has 0 amide bonds. The summed E-state index contributed by atoms with van der Waals surface area (Å²) in [4.78, 5) is 0. The van der Waals surface area contributed by atoms with E-state index in [1.54, 1.807) is 0 Å². The number of benzene rings is 3. The average molecular weight is 595 g/mol. The van der Waals surface area contributed by atoms with Gasteiger partial charge in [0.05, 0.1) is 0 Å². The van der Waals surface area contributed by atoms with E-state index < -0.39 is 0 Å². The molecule has 0 fully saturated rings. The first-order valence-corrected chi connectivity index (χ1v) is 14.9. The van der Waals surface area contributed by atoms with Gasteiger partial charge in [0.1, 0.15) is 0 Å². The highest BCUT2D eigenvalue weighted by atomic mass is 16.2. The molecule has 0 saturated heterocycles. The van der Waals surface area contributed by atoms with Crippen molar-refractivity contribution in [3.63, 3.8) is 0 Å². The van der Waals surface area contributed by atoms with Gasteiger partial charge in [-0.1, -0.05) is 168 Å². The van der Waals surface area contributed by atoms with Crippen LogP contribution < -0.4 is 0 Å². The molecule has 42 heavy (non-hydrogen) atoms. The second-order valence-electron chi connectivity index (χ2n) is 7.56. The molecule has 0 aliphatic carbocycles. The molecule has 248 valence electrons. The van der Waals surface area contributed by atoms with Gasteiger partial charge in [0.2, 0.25) is 0 Å². The van der Waals surface area contributed by atoms with E-state index in [0.717, 1.165) is 35.5 Å². The smallest absolute Gasteiger partial charge is 0.0319 e. The lowest BCUT2D eigenvalue weighted by molar-refractivity contribution is 0.399. The Balaban J connectivity index is -0.000000117. The van der Waals surface area contributed by atoms with Gasteiger partial charge in [-0.3, -0.25) is 0 Å². The Kier molecular flexibility index (Phi) is 56.6. The summed E-state index contributed by atoms with van der Waals surface area (Å²) in [5.41, 5.74) is 5.39. The Hall–Kier alpha value is -2.54. The van der Waals surface area contributed by atoms with Crippen LogP contribution in [0.4, 0.5) is 0 Å². The lowest BCUT2D eigenvalue weighted by atomic mass is 9.73. The van der Waals surface area contributed by atoms with E-state index in [4.69, 9.17) is 25.5 Å². The molecule has 0 atom stereocenters. The molecular weight excluding hydrogens is 524 g/mol. The number of hydrogen-bond donors (Lipinski definition) is 5. The van der Waals surface area contributed by atoms with Crippen molar-refractivity contribution in [1.29, 1.82) is 0 Å². The molecule has 0 bridgehead atoms. The van der Waals surface area contributed by atoms with Crippen molar-refractivity contribution in [1.82, 2.24) is 0 Å². The van der Waals surface area contributed by atoms with Crippen molar-refractivity contribution in [3.05, 3.63) is 107 Å². The third-order valence-corrected chi connectivity index (χ3v) is 5.30. The minimum absolute atomic E-state index is 0.00988. The highest BCUT2D eigenvalue weighted by Gasteiger charge is 2.27. The molecule has 5 heteroatoms. The second kappa shape index (κ2) is 42.9. The fourth-order valence-corrected chi connectivity index (χ4v) is 3.34. The Morgan fingerprint density at radius 2 is 0.500 bits per heavy atom. The Bertz CT molecular complexity index is 751. The van der Waals surface area contributed by atoms with E-state index >= 15 is 0 Å². The van der Waals surface area contributed by atoms with Crippen LogP contribution in [0.15, 0.2) is 84.9 Å². The van der Waals surface area contributed by atoms with E-state index in [2.05, 4.69) is 113 Å². The summed E-state index contributed by atoms with van der Waals surface area (Å²) in [5, 5.41) is 35.0. The molecule has 3 rings (SSSR count). The average Bonchev–Trinajstić information content (AvgIpc) is 3.13. The van der Waals surface area contributed by atoms with Crippen LogP contribution in [0.2, 0.25) is 0 Å². The van der Waals surface area contributed by atoms with Crippen LogP contribution in [0.5, 0.6) is 0 Å². The summed E-state index contributed by atoms with van der Waals surface area (Å²) in [6.45, 7) is 25.2. The molecule has 0 unspecified atom stereocenters. The van der Waals surface area contributed by atoms with Gasteiger partial charge < -0.3 is 25.5 Å². The van der Waals surface area contributed by atoms with Crippen molar-refractivity contribution in [2.45, 2.75) is 93.9 Å². The molecule has 0 spiro atoms. The largest absolute Gasteiger partial charge is 0.400 e. The van der Waals surface area contributed by atoms with E-state index in [-0.39, 0.29) is 10.8 Å². The van der Waals surface area contributed by atoms with E-state index in [1.165, 1.54) is 22.3 Å². The van der Waals surface area contributed by atoms with Gasteiger partial charge in [-0.05, 0) is 22.3 Å². The first kappa shape index (κ1) is 55.4. The maximum Gasteiger partial charge on any atom is 0.0319 e. The molecule has 0 aromatic heterocycles. The summed E-state index contributed by atoms with van der Waals surface area (Å²) in [5.74, 6) is 0. The van der Waals surface area contributed by atoms with Crippen LogP contribution in [-0.2, 0) is 10.8 Å². The maximum absolute atomic E-state index is 7.00.